The number of aromatic amines is 1. The number of ether oxygens (including phenoxy) is 1. The zero-order valence-corrected chi connectivity index (χ0v) is 14.2. The Balaban J connectivity index is 2.50. The number of rotatable bonds is 3. The van der Waals surface area contributed by atoms with Crippen LogP contribution in [0, 0.1) is 0 Å². The molecule has 1 fully saturated rings. The predicted molar refractivity (Wildman–Crippen MR) is 85.3 cm³/mol. The third-order valence-corrected chi connectivity index (χ3v) is 5.25. The molecule has 4 N–H and O–H groups in total. The number of halogens is 2. The first-order chi connectivity index (χ1) is 9.90. The van der Waals surface area contributed by atoms with E-state index < -0.39 is 42.4 Å². The number of hydrogen-bond donors (Lipinski definition) is 4. The number of nitrogens with zero attached hydrogens (tertiary/aromatic N) is 1. The van der Waals surface area contributed by atoms with Gasteiger partial charge in [0.2, 0.25) is 0 Å². The summed E-state index contributed by atoms with van der Waals surface area (Å²) in [6.45, 7) is -0.503. The first kappa shape index (κ1) is 16.8. The van der Waals surface area contributed by atoms with Crippen molar-refractivity contribution in [2.45, 2.75) is 24.5 Å². The number of hydrogen-bond acceptors (Lipinski definition) is 6. The molecule has 10 heteroatoms. The summed E-state index contributed by atoms with van der Waals surface area (Å²) < 4.78 is 8.28. The van der Waals surface area contributed by atoms with Gasteiger partial charge in [0.05, 0.1) is 12.2 Å². The van der Waals surface area contributed by atoms with E-state index in [0.29, 0.717) is 4.48 Å². The van der Waals surface area contributed by atoms with Gasteiger partial charge in [-0.05, 0) is 20.0 Å². The molecule has 2 heterocycles. The highest BCUT2D eigenvalue weighted by Gasteiger charge is 2.43. The fraction of sp³-hybridized carbons (Fsp3) is 0.455. The molecule has 4 atom stereocenters. The molecule has 1 aromatic rings. The number of H-pyrrole nitrogens is 1. The number of nitrogens with one attached hydrogen (secondary N) is 1. The maximum Gasteiger partial charge on any atom is 0.330 e. The second-order valence-electron chi connectivity index (χ2n) is 4.40. The van der Waals surface area contributed by atoms with E-state index in [2.05, 4.69) is 20.9 Å². The molecule has 2 rings (SSSR count). The maximum absolute atomic E-state index is 11.9. The molecule has 1 saturated heterocycles. The van der Waals surface area contributed by atoms with Crippen molar-refractivity contribution in [1.82, 2.24) is 9.55 Å². The Morgan fingerprint density at radius 3 is 2.67 bits per heavy atom. The van der Waals surface area contributed by atoms with Crippen molar-refractivity contribution >= 4 is 43.0 Å². The largest absolute Gasteiger partial charge is 0.394 e. The monoisotopic (exact) mass is 474 g/mol. The Hall–Kier alpha value is -0.530. The van der Waals surface area contributed by atoms with Crippen molar-refractivity contribution in [2.24, 2.45) is 0 Å². The van der Waals surface area contributed by atoms with E-state index in [1.54, 1.807) is 4.08 Å². The minimum absolute atomic E-state index is 0.168. The average Bonchev–Trinajstić information content (AvgIpc) is 2.74. The molecular formula is C11H12BrIN2O6. The fourth-order valence-corrected chi connectivity index (χ4v) is 2.63. The predicted octanol–water partition coefficient (Wildman–Crippen LogP) is -0.724. The summed E-state index contributed by atoms with van der Waals surface area (Å²) in [4.78, 5) is 25.7. The van der Waals surface area contributed by atoms with Gasteiger partial charge in [-0.2, -0.15) is 0 Å². The van der Waals surface area contributed by atoms with Gasteiger partial charge in [-0.3, -0.25) is 14.3 Å². The maximum atomic E-state index is 11.9. The van der Waals surface area contributed by atoms with Crippen LogP contribution in [0.2, 0.25) is 0 Å². The fourth-order valence-electron chi connectivity index (χ4n) is 2.01. The van der Waals surface area contributed by atoms with Crippen LogP contribution in [0.25, 0.3) is 4.48 Å². The second kappa shape index (κ2) is 6.71. The minimum atomic E-state index is -1.40. The SMILES string of the molecule is O=c1[nH]c(=O)n([C@H]2O[C@H](CO)[C@@H](O)[C@H]2O)cc1/C(Br)=C\I. The van der Waals surface area contributed by atoms with Crippen LogP contribution in [0.1, 0.15) is 11.8 Å². The van der Waals surface area contributed by atoms with E-state index in [9.17, 15) is 19.8 Å². The molecule has 1 aromatic heterocycles. The number of aliphatic hydroxyl groups excluding tert-OH is 3. The highest BCUT2D eigenvalue weighted by atomic mass is 127. The van der Waals surface area contributed by atoms with Crippen molar-refractivity contribution in [3.63, 3.8) is 0 Å². The molecule has 0 radical (unpaired) electrons. The molecule has 0 bridgehead atoms. The Morgan fingerprint density at radius 2 is 2.14 bits per heavy atom. The lowest BCUT2D eigenvalue weighted by Gasteiger charge is -2.17. The summed E-state index contributed by atoms with van der Waals surface area (Å²) in [6, 6.07) is 0. The van der Waals surface area contributed by atoms with E-state index in [1.165, 1.54) is 6.20 Å². The van der Waals surface area contributed by atoms with E-state index in [-0.39, 0.29) is 5.56 Å². The Bertz CT molecular complexity index is 671. The van der Waals surface area contributed by atoms with Crippen molar-refractivity contribution in [3.05, 3.63) is 36.7 Å². The van der Waals surface area contributed by atoms with Crippen LogP contribution in [0.3, 0.4) is 0 Å². The lowest BCUT2D eigenvalue weighted by Crippen LogP contribution is -2.38. The van der Waals surface area contributed by atoms with Crippen molar-refractivity contribution in [2.75, 3.05) is 6.61 Å². The lowest BCUT2D eigenvalue weighted by molar-refractivity contribution is -0.0550. The summed E-state index contributed by atoms with van der Waals surface area (Å²) in [6.07, 6.45) is -3.71. The molecule has 1 aliphatic rings. The third-order valence-electron chi connectivity index (χ3n) is 3.11. The van der Waals surface area contributed by atoms with Gasteiger partial charge in [-0.15, -0.1) is 0 Å². The molecule has 1 aliphatic heterocycles. The first-order valence-corrected chi connectivity index (χ1v) is 7.88. The van der Waals surface area contributed by atoms with Crippen molar-refractivity contribution in [3.8, 4) is 0 Å². The normalized spacial score (nSPS) is 29.9. The Kier molecular flexibility index (Phi) is 5.38. The number of aliphatic hydroxyl groups is 3. The van der Waals surface area contributed by atoms with Crippen LogP contribution < -0.4 is 11.2 Å². The summed E-state index contributed by atoms with van der Waals surface area (Å²) in [5, 5.41) is 28.7. The van der Waals surface area contributed by atoms with E-state index in [4.69, 9.17) is 9.84 Å². The van der Waals surface area contributed by atoms with Crippen LogP contribution in [-0.2, 0) is 4.74 Å². The van der Waals surface area contributed by atoms with Gasteiger partial charge in [0, 0.05) is 10.7 Å². The minimum Gasteiger partial charge on any atom is -0.394 e. The van der Waals surface area contributed by atoms with Gasteiger partial charge in [0.25, 0.3) is 5.56 Å². The third kappa shape index (κ3) is 3.14. The average molecular weight is 475 g/mol. The Labute approximate surface area is 140 Å². The highest BCUT2D eigenvalue weighted by molar-refractivity contribution is 14.1. The molecule has 8 nitrogen and oxygen atoms in total. The zero-order chi connectivity index (χ0) is 15.7. The number of aromatic nitrogens is 2. The summed E-state index contributed by atoms with van der Waals surface area (Å²) >= 11 is 5.10. The van der Waals surface area contributed by atoms with Crippen LogP contribution in [0.4, 0.5) is 0 Å². The summed E-state index contributed by atoms with van der Waals surface area (Å²) in [5.74, 6) is 0. The molecule has 0 amide bonds. The van der Waals surface area contributed by atoms with E-state index in [0.717, 1.165) is 4.57 Å². The van der Waals surface area contributed by atoms with Crippen molar-refractivity contribution in [1.29, 1.82) is 0 Å². The van der Waals surface area contributed by atoms with Crippen LogP contribution >= 0.6 is 38.5 Å². The topological polar surface area (TPSA) is 125 Å². The van der Waals surface area contributed by atoms with Gasteiger partial charge in [-0.25, -0.2) is 4.79 Å². The molecule has 0 saturated carbocycles. The second-order valence-corrected chi connectivity index (χ2v) is 5.87. The molecule has 0 unspecified atom stereocenters. The van der Waals surface area contributed by atoms with E-state index in [1.807, 2.05) is 22.6 Å². The molecular weight excluding hydrogens is 463 g/mol. The van der Waals surface area contributed by atoms with Crippen LogP contribution in [0.5, 0.6) is 0 Å². The van der Waals surface area contributed by atoms with Gasteiger partial charge in [-0.1, -0.05) is 22.6 Å². The molecule has 0 aromatic carbocycles. The van der Waals surface area contributed by atoms with Gasteiger partial charge >= 0.3 is 5.69 Å². The first-order valence-electron chi connectivity index (χ1n) is 5.85. The lowest BCUT2D eigenvalue weighted by atomic mass is 10.1. The van der Waals surface area contributed by atoms with Crippen molar-refractivity contribution < 1.29 is 20.1 Å². The van der Waals surface area contributed by atoms with Gasteiger partial charge in [0.15, 0.2) is 6.23 Å². The van der Waals surface area contributed by atoms with Crippen LogP contribution in [-0.4, -0.2) is 49.8 Å². The van der Waals surface area contributed by atoms with E-state index >= 15 is 0 Å². The van der Waals surface area contributed by atoms with Gasteiger partial charge < -0.3 is 20.1 Å². The highest BCUT2D eigenvalue weighted by Crippen LogP contribution is 2.28. The summed E-state index contributed by atoms with van der Waals surface area (Å²) in [5.41, 5.74) is -1.21. The zero-order valence-electron chi connectivity index (χ0n) is 10.4. The molecule has 116 valence electrons. The molecule has 21 heavy (non-hydrogen) atoms. The Morgan fingerprint density at radius 1 is 1.48 bits per heavy atom. The van der Waals surface area contributed by atoms with Gasteiger partial charge in [0.1, 0.15) is 18.3 Å². The smallest absolute Gasteiger partial charge is 0.330 e. The standard InChI is InChI=1S/C11H12BrIN2O6/c12-5(1-13)4-2-15(11(20)14-9(4)19)10-8(18)7(17)6(3-16)21-10/h1-2,6-8,10,16-18H,3H2,(H,14,19,20)/b5-1+/t6-,7-,8-,10+/m1/s1. The van der Waals surface area contributed by atoms with Crippen LogP contribution in [0.15, 0.2) is 19.9 Å². The molecule has 0 spiro atoms. The summed E-state index contributed by atoms with van der Waals surface area (Å²) in [7, 11) is 0. The molecule has 0 aliphatic carbocycles. The quantitative estimate of drug-likeness (QED) is 0.428.